The first-order valence-corrected chi connectivity index (χ1v) is 7.84. The summed E-state index contributed by atoms with van der Waals surface area (Å²) in [4.78, 5) is 4.77. The molecule has 1 aliphatic heterocycles. The highest BCUT2D eigenvalue weighted by Crippen LogP contribution is 2.28. The monoisotopic (exact) mass is 269 g/mol. The van der Waals surface area contributed by atoms with Gasteiger partial charge in [-0.3, -0.25) is 4.90 Å². The Balaban J connectivity index is 1.91. The second-order valence-electron chi connectivity index (χ2n) is 6.70. The largest absolute Gasteiger partial charge is 0.392 e. The zero-order chi connectivity index (χ0) is 13.8. The molecule has 1 heterocycles. The van der Waals surface area contributed by atoms with Crippen LogP contribution in [0.15, 0.2) is 0 Å². The van der Waals surface area contributed by atoms with Gasteiger partial charge in [0, 0.05) is 31.7 Å². The van der Waals surface area contributed by atoms with Gasteiger partial charge in [0.05, 0.1) is 6.10 Å². The molecule has 1 saturated carbocycles. The molecule has 0 aromatic heterocycles. The minimum atomic E-state index is -0.124. The third-order valence-electron chi connectivity index (χ3n) is 4.83. The van der Waals surface area contributed by atoms with Gasteiger partial charge in [-0.1, -0.05) is 12.8 Å². The standard InChI is InChI=1S/C15H31N3O/c1-16-15-7-5-4-6-12(15)9-18-11-14(19)8-13(18)10-17(2)3/h12-16,19H,4-11H2,1-3H3. The molecule has 4 unspecified atom stereocenters. The fourth-order valence-electron chi connectivity index (χ4n) is 3.90. The molecular weight excluding hydrogens is 238 g/mol. The van der Waals surface area contributed by atoms with Crippen LogP contribution in [0.2, 0.25) is 0 Å². The molecule has 19 heavy (non-hydrogen) atoms. The summed E-state index contributed by atoms with van der Waals surface area (Å²) in [7, 11) is 6.35. The van der Waals surface area contributed by atoms with Crippen LogP contribution in [-0.2, 0) is 0 Å². The SMILES string of the molecule is CNC1CCCCC1CN1CC(O)CC1CN(C)C. The van der Waals surface area contributed by atoms with E-state index in [0.29, 0.717) is 12.1 Å². The number of aliphatic hydroxyl groups excluding tert-OH is 1. The van der Waals surface area contributed by atoms with Crippen molar-refractivity contribution in [2.24, 2.45) is 5.92 Å². The zero-order valence-electron chi connectivity index (χ0n) is 12.8. The van der Waals surface area contributed by atoms with Gasteiger partial charge in [-0.25, -0.2) is 0 Å². The molecule has 0 aromatic rings. The number of β-amino-alcohol motifs (C(OH)–C–C–N with tert-alkyl or cyclic N) is 1. The third-order valence-corrected chi connectivity index (χ3v) is 4.83. The van der Waals surface area contributed by atoms with Gasteiger partial charge in [0.15, 0.2) is 0 Å². The van der Waals surface area contributed by atoms with Gasteiger partial charge < -0.3 is 15.3 Å². The maximum atomic E-state index is 9.96. The number of likely N-dealkylation sites (N-methyl/N-ethyl adjacent to an activating group) is 1. The van der Waals surface area contributed by atoms with Crippen LogP contribution in [0, 0.1) is 5.92 Å². The highest BCUT2D eigenvalue weighted by atomic mass is 16.3. The van der Waals surface area contributed by atoms with Crippen molar-refractivity contribution in [3.8, 4) is 0 Å². The van der Waals surface area contributed by atoms with E-state index in [0.717, 1.165) is 32.0 Å². The van der Waals surface area contributed by atoms with Gasteiger partial charge in [0.1, 0.15) is 0 Å². The van der Waals surface area contributed by atoms with Crippen LogP contribution < -0.4 is 5.32 Å². The molecule has 0 aromatic carbocycles. The lowest BCUT2D eigenvalue weighted by Crippen LogP contribution is -2.46. The normalized spacial score (nSPS) is 37.1. The Hall–Kier alpha value is -0.160. The molecule has 0 amide bonds. The van der Waals surface area contributed by atoms with Crippen LogP contribution in [0.1, 0.15) is 32.1 Å². The summed E-state index contributed by atoms with van der Waals surface area (Å²) in [6, 6.07) is 1.20. The zero-order valence-corrected chi connectivity index (χ0v) is 12.8. The molecule has 0 bridgehead atoms. The molecule has 1 aliphatic carbocycles. The Morgan fingerprint density at radius 2 is 2.00 bits per heavy atom. The minimum Gasteiger partial charge on any atom is -0.392 e. The van der Waals surface area contributed by atoms with Crippen LogP contribution in [0.3, 0.4) is 0 Å². The number of nitrogens with zero attached hydrogens (tertiary/aromatic N) is 2. The maximum absolute atomic E-state index is 9.96. The van der Waals surface area contributed by atoms with Crippen molar-refractivity contribution < 1.29 is 5.11 Å². The van der Waals surface area contributed by atoms with Crippen LogP contribution in [-0.4, -0.2) is 73.9 Å². The smallest absolute Gasteiger partial charge is 0.0682 e. The second kappa shape index (κ2) is 7.02. The van der Waals surface area contributed by atoms with Crippen molar-refractivity contribution in [3.05, 3.63) is 0 Å². The van der Waals surface area contributed by atoms with Crippen LogP contribution in [0.25, 0.3) is 0 Å². The van der Waals surface area contributed by atoms with E-state index in [4.69, 9.17) is 0 Å². The maximum Gasteiger partial charge on any atom is 0.0682 e. The first-order valence-electron chi connectivity index (χ1n) is 7.84. The number of rotatable bonds is 5. The minimum absolute atomic E-state index is 0.124. The molecular formula is C15H31N3O. The van der Waals surface area contributed by atoms with E-state index in [1.165, 1.54) is 25.7 Å². The Morgan fingerprint density at radius 3 is 2.68 bits per heavy atom. The molecule has 1 saturated heterocycles. The Bertz CT molecular complexity index is 272. The lowest BCUT2D eigenvalue weighted by molar-refractivity contribution is 0.133. The van der Waals surface area contributed by atoms with E-state index >= 15 is 0 Å². The van der Waals surface area contributed by atoms with Crippen molar-refractivity contribution in [2.75, 3.05) is 40.8 Å². The average molecular weight is 269 g/mol. The molecule has 112 valence electrons. The summed E-state index contributed by atoms with van der Waals surface area (Å²) < 4.78 is 0. The Kier molecular flexibility index (Phi) is 5.63. The lowest BCUT2D eigenvalue weighted by atomic mass is 9.84. The predicted molar refractivity (Wildman–Crippen MR) is 79.3 cm³/mol. The lowest BCUT2D eigenvalue weighted by Gasteiger charge is -2.36. The van der Waals surface area contributed by atoms with Crippen LogP contribution in [0.4, 0.5) is 0 Å². The fraction of sp³-hybridized carbons (Fsp3) is 1.00. The van der Waals surface area contributed by atoms with Crippen molar-refractivity contribution in [2.45, 2.75) is 50.3 Å². The molecule has 4 atom stereocenters. The Labute approximate surface area is 118 Å². The van der Waals surface area contributed by atoms with E-state index in [9.17, 15) is 5.11 Å². The molecule has 0 spiro atoms. The third kappa shape index (κ3) is 4.15. The molecule has 2 rings (SSSR count). The summed E-state index contributed by atoms with van der Waals surface area (Å²) in [5.74, 6) is 0.758. The molecule has 0 radical (unpaired) electrons. The van der Waals surface area contributed by atoms with Crippen LogP contribution in [0.5, 0.6) is 0 Å². The summed E-state index contributed by atoms with van der Waals surface area (Å²) in [6.07, 6.45) is 6.21. The quantitative estimate of drug-likeness (QED) is 0.773. The van der Waals surface area contributed by atoms with E-state index < -0.39 is 0 Å². The van der Waals surface area contributed by atoms with E-state index in [-0.39, 0.29) is 6.10 Å². The first kappa shape index (κ1) is 15.2. The summed E-state index contributed by atoms with van der Waals surface area (Å²) in [5, 5.41) is 13.5. The number of likely N-dealkylation sites (tertiary alicyclic amines) is 1. The number of hydrogen-bond donors (Lipinski definition) is 2. The van der Waals surface area contributed by atoms with Gasteiger partial charge in [0.2, 0.25) is 0 Å². The molecule has 2 N–H and O–H groups in total. The number of hydrogen-bond acceptors (Lipinski definition) is 4. The van der Waals surface area contributed by atoms with Crippen molar-refractivity contribution in [3.63, 3.8) is 0 Å². The molecule has 4 heteroatoms. The van der Waals surface area contributed by atoms with Gasteiger partial charge in [-0.2, -0.15) is 0 Å². The van der Waals surface area contributed by atoms with Crippen LogP contribution >= 0.6 is 0 Å². The van der Waals surface area contributed by atoms with Gasteiger partial charge in [-0.15, -0.1) is 0 Å². The second-order valence-corrected chi connectivity index (χ2v) is 6.70. The first-order chi connectivity index (χ1) is 9.10. The van der Waals surface area contributed by atoms with Crippen molar-refractivity contribution >= 4 is 0 Å². The van der Waals surface area contributed by atoms with Gasteiger partial charge >= 0.3 is 0 Å². The topological polar surface area (TPSA) is 38.7 Å². The van der Waals surface area contributed by atoms with E-state index in [1.54, 1.807) is 0 Å². The summed E-state index contributed by atoms with van der Waals surface area (Å²) in [6.45, 7) is 3.08. The molecule has 2 aliphatic rings. The van der Waals surface area contributed by atoms with Gasteiger partial charge in [-0.05, 0) is 46.3 Å². The van der Waals surface area contributed by atoms with Gasteiger partial charge in [0.25, 0.3) is 0 Å². The average Bonchev–Trinajstić information content (AvgIpc) is 2.69. The van der Waals surface area contributed by atoms with Crippen molar-refractivity contribution in [1.29, 1.82) is 0 Å². The van der Waals surface area contributed by atoms with Crippen molar-refractivity contribution in [1.82, 2.24) is 15.1 Å². The molecule has 4 nitrogen and oxygen atoms in total. The summed E-state index contributed by atoms with van der Waals surface area (Å²) >= 11 is 0. The Morgan fingerprint density at radius 1 is 1.26 bits per heavy atom. The summed E-state index contributed by atoms with van der Waals surface area (Å²) in [5.41, 5.74) is 0. The predicted octanol–water partition coefficient (Wildman–Crippen LogP) is 0.761. The number of aliphatic hydroxyl groups is 1. The fourth-order valence-corrected chi connectivity index (χ4v) is 3.90. The van der Waals surface area contributed by atoms with E-state index in [2.05, 4.69) is 36.3 Å². The molecule has 2 fully saturated rings. The highest BCUT2D eigenvalue weighted by Gasteiger charge is 2.34. The van der Waals surface area contributed by atoms with E-state index in [1.807, 2.05) is 0 Å². The highest BCUT2D eigenvalue weighted by molar-refractivity contribution is 4.90. The number of nitrogens with one attached hydrogen (secondary N) is 1.